The van der Waals surface area contributed by atoms with E-state index >= 15 is 0 Å². The van der Waals surface area contributed by atoms with Crippen molar-refractivity contribution in [1.82, 2.24) is 14.5 Å². The van der Waals surface area contributed by atoms with Crippen molar-refractivity contribution in [2.75, 3.05) is 41.0 Å². The molecule has 0 N–H and O–H groups in total. The van der Waals surface area contributed by atoms with Gasteiger partial charge < -0.3 is 23.7 Å². The molecule has 1 heterocycles. The molecule has 208 valence electrons. The molecule has 0 unspecified atom stereocenters. The first-order chi connectivity index (χ1) is 18.7. The van der Waals surface area contributed by atoms with Crippen molar-refractivity contribution in [2.45, 2.75) is 42.8 Å². The molecule has 0 spiro atoms. The van der Waals surface area contributed by atoms with E-state index in [-0.39, 0.29) is 16.1 Å². The fourth-order valence-corrected chi connectivity index (χ4v) is 6.02. The van der Waals surface area contributed by atoms with Gasteiger partial charge in [0.15, 0.2) is 11.5 Å². The monoisotopic (exact) mass is 551 g/mol. The Morgan fingerprint density at radius 3 is 2.33 bits per heavy atom. The number of fused-ring (bicyclic) bond motifs is 1. The van der Waals surface area contributed by atoms with Gasteiger partial charge >= 0.3 is 0 Å². The van der Waals surface area contributed by atoms with Crippen LogP contribution in [0, 0.1) is 0 Å². The number of nitrogens with zero attached hydrogens (tertiary/aromatic N) is 3. The number of hydrogen-bond acceptors (Lipinski definition) is 7. The van der Waals surface area contributed by atoms with Gasteiger partial charge in [-0.15, -0.1) is 0 Å². The van der Waals surface area contributed by atoms with Gasteiger partial charge in [-0.1, -0.05) is 18.2 Å². The summed E-state index contributed by atoms with van der Waals surface area (Å²) in [5, 5.41) is 0.0588. The SMILES string of the molecule is COc1ccc(CCN(C)CCCOc2ccc(S(=O)(=O)c3nc4ccccc4n3C(C)C)cc2)cc1OC. The zero-order chi connectivity index (χ0) is 28.0. The third-order valence-electron chi connectivity index (χ3n) is 6.64. The number of para-hydroxylation sites is 2. The number of ether oxygens (including phenoxy) is 3. The minimum absolute atomic E-state index is 0.0538. The molecule has 0 radical (unpaired) electrons. The predicted octanol–water partition coefficient (Wildman–Crippen LogP) is 5.41. The van der Waals surface area contributed by atoms with Crippen LogP contribution in [0.4, 0.5) is 0 Å². The lowest BCUT2D eigenvalue weighted by molar-refractivity contribution is 0.264. The van der Waals surface area contributed by atoms with E-state index in [0.717, 1.165) is 42.9 Å². The number of aromatic nitrogens is 2. The Morgan fingerprint density at radius 2 is 1.64 bits per heavy atom. The summed E-state index contributed by atoms with van der Waals surface area (Å²) in [5.74, 6) is 2.11. The second-order valence-electron chi connectivity index (χ2n) is 9.77. The molecule has 0 saturated heterocycles. The van der Waals surface area contributed by atoms with Gasteiger partial charge in [-0.3, -0.25) is 0 Å². The number of sulfone groups is 1. The van der Waals surface area contributed by atoms with E-state index in [2.05, 4.69) is 23.0 Å². The van der Waals surface area contributed by atoms with Crippen molar-refractivity contribution in [3.8, 4) is 17.2 Å². The fraction of sp³-hybridized carbons (Fsp3) is 0.367. The Hall–Kier alpha value is -3.56. The lowest BCUT2D eigenvalue weighted by Gasteiger charge is -2.17. The predicted molar refractivity (Wildman–Crippen MR) is 153 cm³/mol. The minimum atomic E-state index is -3.79. The molecule has 8 nitrogen and oxygen atoms in total. The van der Waals surface area contributed by atoms with E-state index in [9.17, 15) is 8.42 Å². The van der Waals surface area contributed by atoms with Crippen molar-refractivity contribution >= 4 is 20.9 Å². The first kappa shape index (κ1) is 28.4. The third kappa shape index (κ3) is 6.54. The number of rotatable bonds is 13. The van der Waals surface area contributed by atoms with Crippen LogP contribution >= 0.6 is 0 Å². The van der Waals surface area contributed by atoms with Gasteiger partial charge in [0.1, 0.15) is 5.75 Å². The van der Waals surface area contributed by atoms with Gasteiger partial charge in [-0.05, 0) is 87.8 Å². The molecule has 3 aromatic carbocycles. The van der Waals surface area contributed by atoms with E-state index in [4.69, 9.17) is 14.2 Å². The molecular weight excluding hydrogens is 514 g/mol. The second kappa shape index (κ2) is 12.5. The lowest BCUT2D eigenvalue weighted by atomic mass is 10.1. The summed E-state index contributed by atoms with van der Waals surface area (Å²) in [4.78, 5) is 6.92. The van der Waals surface area contributed by atoms with Crippen LogP contribution in [0.2, 0.25) is 0 Å². The van der Waals surface area contributed by atoms with Crippen LogP contribution in [-0.2, 0) is 16.3 Å². The number of hydrogen-bond donors (Lipinski definition) is 0. The maximum absolute atomic E-state index is 13.5. The summed E-state index contributed by atoms with van der Waals surface area (Å²) >= 11 is 0. The van der Waals surface area contributed by atoms with E-state index in [0.29, 0.717) is 17.9 Å². The first-order valence-corrected chi connectivity index (χ1v) is 14.6. The van der Waals surface area contributed by atoms with Gasteiger partial charge in [0.2, 0.25) is 15.0 Å². The number of imidazole rings is 1. The Bertz CT molecular complexity index is 1500. The summed E-state index contributed by atoms with van der Waals surface area (Å²) in [7, 11) is 1.57. The average Bonchev–Trinajstić information content (AvgIpc) is 3.35. The highest BCUT2D eigenvalue weighted by atomic mass is 32.2. The van der Waals surface area contributed by atoms with Gasteiger partial charge in [-0.2, -0.15) is 0 Å². The molecule has 0 bridgehead atoms. The lowest BCUT2D eigenvalue weighted by Crippen LogP contribution is -2.23. The highest BCUT2D eigenvalue weighted by Crippen LogP contribution is 2.29. The van der Waals surface area contributed by atoms with Crippen LogP contribution in [0.1, 0.15) is 31.9 Å². The van der Waals surface area contributed by atoms with Crippen LogP contribution in [0.25, 0.3) is 11.0 Å². The topological polar surface area (TPSA) is 82.9 Å². The Morgan fingerprint density at radius 1 is 0.923 bits per heavy atom. The molecule has 0 aliphatic rings. The standard InChI is InChI=1S/C30H37N3O5S/c1-22(2)33-27-10-7-6-9-26(27)31-30(33)39(34,35)25-14-12-24(13-15-25)38-20-8-18-32(3)19-17-23-11-16-28(36-4)29(21-23)37-5/h6-7,9-16,21-22H,8,17-20H2,1-5H3. The largest absolute Gasteiger partial charge is 0.494 e. The number of benzene rings is 3. The van der Waals surface area contributed by atoms with Crippen LogP contribution in [-0.4, -0.2) is 63.8 Å². The average molecular weight is 552 g/mol. The Balaban J connectivity index is 1.30. The van der Waals surface area contributed by atoms with Crippen molar-refractivity contribution < 1.29 is 22.6 Å². The van der Waals surface area contributed by atoms with E-state index in [1.165, 1.54) is 5.56 Å². The Kier molecular flexibility index (Phi) is 9.14. The van der Waals surface area contributed by atoms with E-state index < -0.39 is 9.84 Å². The quantitative estimate of drug-likeness (QED) is 0.206. The van der Waals surface area contributed by atoms with Gasteiger partial charge in [0.25, 0.3) is 0 Å². The zero-order valence-corrected chi connectivity index (χ0v) is 24.1. The molecule has 0 aliphatic heterocycles. The van der Waals surface area contributed by atoms with E-state index in [1.807, 2.05) is 50.2 Å². The van der Waals surface area contributed by atoms with Crippen LogP contribution < -0.4 is 14.2 Å². The molecule has 39 heavy (non-hydrogen) atoms. The summed E-state index contributed by atoms with van der Waals surface area (Å²) < 4.78 is 45.3. The van der Waals surface area contributed by atoms with Crippen molar-refractivity contribution in [3.63, 3.8) is 0 Å². The molecule has 9 heteroatoms. The van der Waals surface area contributed by atoms with E-state index in [1.54, 1.807) is 43.1 Å². The van der Waals surface area contributed by atoms with Gasteiger partial charge in [-0.25, -0.2) is 13.4 Å². The third-order valence-corrected chi connectivity index (χ3v) is 8.30. The summed E-state index contributed by atoms with van der Waals surface area (Å²) in [5.41, 5.74) is 2.66. The van der Waals surface area contributed by atoms with Gasteiger partial charge in [0.05, 0.1) is 36.8 Å². The summed E-state index contributed by atoms with van der Waals surface area (Å²) in [6.07, 6.45) is 1.75. The summed E-state index contributed by atoms with van der Waals surface area (Å²) in [6, 6.07) is 20.0. The molecule has 0 amide bonds. The molecule has 0 saturated carbocycles. The highest BCUT2D eigenvalue weighted by Gasteiger charge is 2.27. The maximum atomic E-state index is 13.5. The van der Waals surface area contributed by atoms with Crippen molar-refractivity contribution in [3.05, 3.63) is 72.3 Å². The Labute approximate surface area is 231 Å². The fourth-order valence-electron chi connectivity index (χ4n) is 4.52. The number of likely N-dealkylation sites (N-methyl/N-ethyl adjacent to an activating group) is 1. The summed E-state index contributed by atoms with van der Waals surface area (Å²) in [6.45, 7) is 6.24. The molecule has 1 aromatic heterocycles. The normalized spacial score (nSPS) is 11.9. The smallest absolute Gasteiger partial charge is 0.240 e. The minimum Gasteiger partial charge on any atom is -0.494 e. The van der Waals surface area contributed by atoms with Crippen LogP contribution in [0.5, 0.6) is 17.2 Å². The highest BCUT2D eigenvalue weighted by molar-refractivity contribution is 7.91. The first-order valence-electron chi connectivity index (χ1n) is 13.1. The van der Waals surface area contributed by atoms with Crippen molar-refractivity contribution in [2.24, 2.45) is 0 Å². The van der Waals surface area contributed by atoms with Crippen molar-refractivity contribution in [1.29, 1.82) is 0 Å². The van der Waals surface area contributed by atoms with Crippen LogP contribution in [0.15, 0.2) is 76.8 Å². The van der Waals surface area contributed by atoms with Crippen LogP contribution in [0.3, 0.4) is 0 Å². The molecule has 0 fully saturated rings. The molecule has 4 rings (SSSR count). The molecular formula is C30H37N3O5S. The zero-order valence-electron chi connectivity index (χ0n) is 23.3. The van der Waals surface area contributed by atoms with Gasteiger partial charge in [0, 0.05) is 19.1 Å². The maximum Gasteiger partial charge on any atom is 0.240 e. The second-order valence-corrected chi connectivity index (χ2v) is 11.6. The number of methoxy groups -OCH3 is 2. The molecule has 0 atom stereocenters. The molecule has 0 aliphatic carbocycles. The molecule has 4 aromatic rings.